The van der Waals surface area contributed by atoms with Crippen molar-refractivity contribution in [2.75, 3.05) is 6.54 Å². The fourth-order valence-corrected chi connectivity index (χ4v) is 1.61. The molecule has 0 fully saturated rings. The molecule has 0 radical (unpaired) electrons. The highest BCUT2D eigenvalue weighted by atomic mass is 16.1. The van der Waals surface area contributed by atoms with E-state index in [0.717, 1.165) is 5.56 Å². The van der Waals surface area contributed by atoms with Crippen LogP contribution < -0.4 is 11.1 Å². The first kappa shape index (κ1) is 12.7. The number of hydrogen-bond donors (Lipinski definition) is 2. The predicted octanol–water partition coefficient (Wildman–Crippen LogP) is 1.77. The molecule has 0 saturated carbocycles. The maximum absolute atomic E-state index is 11.7. The lowest BCUT2D eigenvalue weighted by Crippen LogP contribution is -2.35. The molecule has 0 saturated heterocycles. The summed E-state index contributed by atoms with van der Waals surface area (Å²) >= 11 is 0. The van der Waals surface area contributed by atoms with Gasteiger partial charge in [-0.25, -0.2) is 0 Å². The van der Waals surface area contributed by atoms with E-state index in [9.17, 15) is 4.79 Å². The van der Waals surface area contributed by atoms with E-state index in [0.29, 0.717) is 6.54 Å². The molecule has 1 aromatic rings. The third kappa shape index (κ3) is 3.07. The standard InChI is InChI=1S/C13H20N2O/c1-9-6-4-5-7-12(9)11(3)15-13(16)10(2)8-14/h4-7,10-11H,8,14H2,1-3H3,(H,15,16)/t10?,11-/m0/s1. The number of amides is 1. The van der Waals surface area contributed by atoms with E-state index in [1.54, 1.807) is 0 Å². The number of nitrogens with one attached hydrogen (secondary N) is 1. The Kier molecular flexibility index (Phi) is 4.50. The van der Waals surface area contributed by atoms with Gasteiger partial charge in [-0.1, -0.05) is 31.2 Å². The summed E-state index contributed by atoms with van der Waals surface area (Å²) in [7, 11) is 0. The van der Waals surface area contributed by atoms with Crippen molar-refractivity contribution in [3.63, 3.8) is 0 Å². The summed E-state index contributed by atoms with van der Waals surface area (Å²) in [6.07, 6.45) is 0. The van der Waals surface area contributed by atoms with Gasteiger partial charge >= 0.3 is 0 Å². The zero-order valence-corrected chi connectivity index (χ0v) is 10.2. The van der Waals surface area contributed by atoms with Crippen LogP contribution in [0, 0.1) is 12.8 Å². The van der Waals surface area contributed by atoms with E-state index in [1.807, 2.05) is 45.0 Å². The molecular formula is C13H20N2O. The molecule has 3 N–H and O–H groups in total. The molecule has 0 aliphatic carbocycles. The maximum atomic E-state index is 11.7. The van der Waals surface area contributed by atoms with Gasteiger partial charge in [0.25, 0.3) is 0 Å². The summed E-state index contributed by atoms with van der Waals surface area (Å²) in [6, 6.07) is 8.09. The largest absolute Gasteiger partial charge is 0.349 e. The first-order valence-corrected chi connectivity index (χ1v) is 5.62. The minimum absolute atomic E-state index is 0.0123. The van der Waals surface area contributed by atoms with Gasteiger partial charge in [-0.05, 0) is 25.0 Å². The summed E-state index contributed by atoms with van der Waals surface area (Å²) in [4.78, 5) is 11.7. The number of rotatable bonds is 4. The second-order valence-corrected chi connectivity index (χ2v) is 4.22. The topological polar surface area (TPSA) is 55.1 Å². The van der Waals surface area contributed by atoms with Crippen LogP contribution in [0.15, 0.2) is 24.3 Å². The van der Waals surface area contributed by atoms with Gasteiger partial charge in [0.1, 0.15) is 0 Å². The van der Waals surface area contributed by atoms with Crippen molar-refractivity contribution in [1.29, 1.82) is 0 Å². The van der Waals surface area contributed by atoms with Crippen molar-refractivity contribution in [3.05, 3.63) is 35.4 Å². The monoisotopic (exact) mass is 220 g/mol. The number of benzene rings is 1. The van der Waals surface area contributed by atoms with Crippen LogP contribution in [0.2, 0.25) is 0 Å². The highest BCUT2D eigenvalue weighted by Crippen LogP contribution is 2.16. The fourth-order valence-electron chi connectivity index (χ4n) is 1.61. The SMILES string of the molecule is Cc1ccccc1[C@H](C)NC(=O)C(C)CN. The minimum Gasteiger partial charge on any atom is -0.349 e. The predicted molar refractivity (Wildman–Crippen MR) is 66.0 cm³/mol. The van der Waals surface area contributed by atoms with Crippen LogP contribution in [-0.2, 0) is 4.79 Å². The number of carbonyl (C=O) groups excluding carboxylic acids is 1. The Bertz CT molecular complexity index is 363. The van der Waals surface area contributed by atoms with Crippen LogP contribution >= 0.6 is 0 Å². The summed E-state index contributed by atoms with van der Waals surface area (Å²) < 4.78 is 0. The lowest BCUT2D eigenvalue weighted by molar-refractivity contribution is -0.124. The van der Waals surface area contributed by atoms with Crippen molar-refractivity contribution in [3.8, 4) is 0 Å². The third-order valence-electron chi connectivity index (χ3n) is 2.81. The van der Waals surface area contributed by atoms with E-state index in [4.69, 9.17) is 5.73 Å². The molecule has 3 nitrogen and oxygen atoms in total. The molecule has 3 heteroatoms. The maximum Gasteiger partial charge on any atom is 0.224 e. The zero-order valence-electron chi connectivity index (χ0n) is 10.2. The Balaban J connectivity index is 2.69. The van der Waals surface area contributed by atoms with Crippen LogP contribution in [-0.4, -0.2) is 12.5 Å². The van der Waals surface area contributed by atoms with E-state index in [1.165, 1.54) is 5.56 Å². The first-order valence-electron chi connectivity index (χ1n) is 5.62. The molecule has 0 spiro atoms. The van der Waals surface area contributed by atoms with Crippen LogP contribution in [0.4, 0.5) is 0 Å². The number of hydrogen-bond acceptors (Lipinski definition) is 2. The van der Waals surface area contributed by atoms with Crippen molar-refractivity contribution in [1.82, 2.24) is 5.32 Å². The van der Waals surface area contributed by atoms with Gasteiger partial charge in [-0.3, -0.25) is 4.79 Å². The number of nitrogens with two attached hydrogens (primary N) is 1. The van der Waals surface area contributed by atoms with Gasteiger partial charge in [0.2, 0.25) is 5.91 Å². The molecule has 0 bridgehead atoms. The van der Waals surface area contributed by atoms with Crippen LogP contribution in [0.5, 0.6) is 0 Å². The fraction of sp³-hybridized carbons (Fsp3) is 0.462. The van der Waals surface area contributed by atoms with Gasteiger partial charge in [-0.2, -0.15) is 0 Å². The van der Waals surface area contributed by atoms with Gasteiger partial charge in [0.05, 0.1) is 6.04 Å². The molecule has 1 unspecified atom stereocenters. The second kappa shape index (κ2) is 5.66. The lowest BCUT2D eigenvalue weighted by atomic mass is 10.0. The quantitative estimate of drug-likeness (QED) is 0.812. The Labute approximate surface area is 97.0 Å². The summed E-state index contributed by atoms with van der Waals surface area (Å²) in [5.41, 5.74) is 7.80. The average Bonchev–Trinajstić information content (AvgIpc) is 2.28. The Morgan fingerprint density at radius 3 is 2.56 bits per heavy atom. The van der Waals surface area contributed by atoms with Crippen molar-refractivity contribution in [2.24, 2.45) is 11.7 Å². The first-order chi connectivity index (χ1) is 7.56. The molecule has 16 heavy (non-hydrogen) atoms. The van der Waals surface area contributed by atoms with Crippen LogP contribution in [0.25, 0.3) is 0 Å². The molecular weight excluding hydrogens is 200 g/mol. The van der Waals surface area contributed by atoms with E-state index in [2.05, 4.69) is 5.32 Å². The van der Waals surface area contributed by atoms with E-state index < -0.39 is 0 Å². The molecule has 1 rings (SSSR count). The number of carbonyl (C=O) groups is 1. The van der Waals surface area contributed by atoms with Crippen LogP contribution in [0.1, 0.15) is 31.0 Å². The molecule has 0 aliphatic heterocycles. The van der Waals surface area contributed by atoms with E-state index in [-0.39, 0.29) is 17.9 Å². The van der Waals surface area contributed by atoms with Crippen molar-refractivity contribution in [2.45, 2.75) is 26.8 Å². The molecule has 0 aliphatic rings. The summed E-state index contributed by atoms with van der Waals surface area (Å²) in [6.45, 7) is 6.25. The molecule has 1 aromatic carbocycles. The smallest absolute Gasteiger partial charge is 0.224 e. The number of aryl methyl sites for hydroxylation is 1. The van der Waals surface area contributed by atoms with Gasteiger partial charge in [0, 0.05) is 12.5 Å². The summed E-state index contributed by atoms with van der Waals surface area (Å²) in [5.74, 6) is -0.121. The van der Waals surface area contributed by atoms with E-state index >= 15 is 0 Å². The Hall–Kier alpha value is -1.35. The Morgan fingerprint density at radius 1 is 1.38 bits per heavy atom. The normalized spacial score (nSPS) is 14.2. The molecule has 1 amide bonds. The third-order valence-corrected chi connectivity index (χ3v) is 2.81. The van der Waals surface area contributed by atoms with Gasteiger partial charge in [-0.15, -0.1) is 0 Å². The average molecular weight is 220 g/mol. The Morgan fingerprint density at radius 2 is 2.00 bits per heavy atom. The lowest BCUT2D eigenvalue weighted by Gasteiger charge is -2.18. The zero-order chi connectivity index (χ0) is 12.1. The second-order valence-electron chi connectivity index (χ2n) is 4.22. The minimum atomic E-state index is -0.133. The summed E-state index contributed by atoms with van der Waals surface area (Å²) in [5, 5.41) is 2.97. The van der Waals surface area contributed by atoms with Crippen molar-refractivity contribution < 1.29 is 4.79 Å². The molecule has 2 atom stereocenters. The van der Waals surface area contributed by atoms with Crippen molar-refractivity contribution >= 4 is 5.91 Å². The van der Waals surface area contributed by atoms with Crippen LogP contribution in [0.3, 0.4) is 0 Å². The van der Waals surface area contributed by atoms with Gasteiger partial charge in [0.15, 0.2) is 0 Å². The highest BCUT2D eigenvalue weighted by Gasteiger charge is 2.15. The van der Waals surface area contributed by atoms with Gasteiger partial charge < -0.3 is 11.1 Å². The highest BCUT2D eigenvalue weighted by molar-refractivity contribution is 5.78. The molecule has 0 aromatic heterocycles. The molecule has 88 valence electrons. The molecule has 0 heterocycles.